The van der Waals surface area contributed by atoms with Crippen molar-refractivity contribution in [1.29, 1.82) is 0 Å². The van der Waals surface area contributed by atoms with E-state index in [1.165, 1.54) is 25.0 Å². The van der Waals surface area contributed by atoms with E-state index in [1.807, 2.05) is 32.9 Å². The Morgan fingerprint density at radius 3 is 2.28 bits per heavy atom. The summed E-state index contributed by atoms with van der Waals surface area (Å²) in [6.45, 7) is 13.5. The summed E-state index contributed by atoms with van der Waals surface area (Å²) in [4.78, 5) is 27.9. The predicted octanol–water partition coefficient (Wildman–Crippen LogP) is 8.53. The summed E-state index contributed by atoms with van der Waals surface area (Å²) in [5.74, 6) is 0.771. The number of halogens is 1. The highest BCUT2D eigenvalue weighted by Gasteiger charge is 2.21. The Hall–Kier alpha value is -4.31. The molecule has 0 radical (unpaired) electrons. The number of hydrogen-bond acceptors (Lipinski definition) is 6. The molecular formula is C37H49FN4O5. The van der Waals surface area contributed by atoms with Crippen LogP contribution in [-0.4, -0.2) is 55.2 Å². The number of amides is 3. The van der Waals surface area contributed by atoms with Gasteiger partial charge in [0.25, 0.3) is 5.91 Å². The number of unbranched alkanes of at least 4 members (excludes halogenated alkanes) is 1. The number of aryl methyl sites for hydroxylation is 1. The highest BCUT2D eigenvalue weighted by atomic mass is 19.1. The van der Waals surface area contributed by atoms with Gasteiger partial charge in [0.2, 0.25) is 0 Å². The van der Waals surface area contributed by atoms with Crippen LogP contribution in [0.5, 0.6) is 23.0 Å². The molecule has 254 valence electrons. The van der Waals surface area contributed by atoms with Crippen molar-refractivity contribution < 1.29 is 28.2 Å². The van der Waals surface area contributed by atoms with E-state index in [9.17, 15) is 14.0 Å². The van der Waals surface area contributed by atoms with Gasteiger partial charge in [0, 0.05) is 42.5 Å². The third kappa shape index (κ3) is 10.3. The molecule has 0 saturated carbocycles. The van der Waals surface area contributed by atoms with E-state index in [1.54, 1.807) is 37.3 Å². The number of urea groups is 1. The number of likely N-dealkylation sites (tertiary alicyclic amines) is 1. The van der Waals surface area contributed by atoms with Crippen LogP contribution in [0.4, 0.5) is 20.6 Å². The first-order chi connectivity index (χ1) is 22.7. The molecular weight excluding hydrogens is 599 g/mol. The number of carbonyl (C=O) groups is 2. The molecule has 1 aliphatic heterocycles. The normalized spacial score (nSPS) is 13.7. The number of ether oxygens (including phenoxy) is 3. The summed E-state index contributed by atoms with van der Waals surface area (Å²) in [7, 11) is 0. The second-order valence-electron chi connectivity index (χ2n) is 11.9. The van der Waals surface area contributed by atoms with Gasteiger partial charge < -0.3 is 35.1 Å². The molecule has 3 N–H and O–H groups in total. The van der Waals surface area contributed by atoms with E-state index in [0.717, 1.165) is 56.6 Å². The van der Waals surface area contributed by atoms with E-state index in [4.69, 9.17) is 14.2 Å². The maximum Gasteiger partial charge on any atom is 0.319 e. The van der Waals surface area contributed by atoms with Crippen molar-refractivity contribution in [3.05, 3.63) is 71.5 Å². The second kappa shape index (κ2) is 17.6. The number of piperidine rings is 1. The Bertz CT molecular complexity index is 1470. The lowest BCUT2D eigenvalue weighted by molar-refractivity contribution is 0.0991. The minimum atomic E-state index is -0.661. The summed E-state index contributed by atoms with van der Waals surface area (Å²) >= 11 is 0. The van der Waals surface area contributed by atoms with Gasteiger partial charge in [-0.2, -0.15) is 0 Å². The zero-order valence-electron chi connectivity index (χ0n) is 28.3. The van der Waals surface area contributed by atoms with Crippen molar-refractivity contribution in [3.8, 4) is 23.0 Å². The summed E-state index contributed by atoms with van der Waals surface area (Å²) in [6.07, 6.45) is 6.19. The Morgan fingerprint density at radius 2 is 1.64 bits per heavy atom. The first-order valence-corrected chi connectivity index (χ1v) is 16.9. The van der Waals surface area contributed by atoms with Gasteiger partial charge in [-0.15, -0.1) is 0 Å². The summed E-state index contributed by atoms with van der Waals surface area (Å²) in [6, 6.07) is 14.4. The fourth-order valence-corrected chi connectivity index (χ4v) is 5.49. The lowest BCUT2D eigenvalue weighted by Crippen LogP contribution is -2.38. The summed E-state index contributed by atoms with van der Waals surface area (Å²) < 4.78 is 32.9. The van der Waals surface area contributed by atoms with Crippen LogP contribution in [0.15, 0.2) is 54.6 Å². The molecule has 1 heterocycles. The molecule has 0 atom stereocenters. The van der Waals surface area contributed by atoms with Gasteiger partial charge in [0.15, 0.2) is 17.3 Å². The van der Waals surface area contributed by atoms with Crippen LogP contribution in [0.25, 0.3) is 0 Å². The van der Waals surface area contributed by atoms with Crippen molar-refractivity contribution >= 4 is 23.3 Å². The van der Waals surface area contributed by atoms with Crippen molar-refractivity contribution in [2.24, 2.45) is 0 Å². The summed E-state index contributed by atoms with van der Waals surface area (Å²) in [5.41, 5.74) is 2.01. The molecule has 4 rings (SSSR count). The van der Waals surface area contributed by atoms with Crippen LogP contribution in [0.3, 0.4) is 0 Å². The molecule has 0 bridgehead atoms. The number of rotatable bonds is 15. The molecule has 0 aromatic heterocycles. The molecule has 0 unspecified atom stereocenters. The molecule has 47 heavy (non-hydrogen) atoms. The monoisotopic (exact) mass is 648 g/mol. The molecule has 0 aliphatic carbocycles. The van der Waals surface area contributed by atoms with Crippen LogP contribution in [0.2, 0.25) is 0 Å². The van der Waals surface area contributed by atoms with E-state index < -0.39 is 11.8 Å². The first-order valence-electron chi connectivity index (χ1n) is 16.9. The summed E-state index contributed by atoms with van der Waals surface area (Å²) in [5, 5.41) is 8.30. The van der Waals surface area contributed by atoms with Gasteiger partial charge >= 0.3 is 6.03 Å². The molecule has 1 aliphatic rings. The largest absolute Gasteiger partial charge is 0.490 e. The van der Waals surface area contributed by atoms with Crippen molar-refractivity contribution in [2.45, 2.75) is 85.3 Å². The fraction of sp³-hybridized carbons (Fsp3) is 0.459. The lowest BCUT2D eigenvalue weighted by Gasteiger charge is -2.32. The van der Waals surface area contributed by atoms with Crippen LogP contribution in [-0.2, 0) is 0 Å². The average molecular weight is 649 g/mol. The van der Waals surface area contributed by atoms with Gasteiger partial charge in [-0.25, -0.2) is 9.18 Å². The van der Waals surface area contributed by atoms with Crippen LogP contribution >= 0.6 is 0 Å². The third-order valence-electron chi connectivity index (χ3n) is 8.34. The molecule has 0 spiro atoms. The Balaban J connectivity index is 1.34. The Kier molecular flexibility index (Phi) is 13.3. The smallest absolute Gasteiger partial charge is 0.319 e. The second-order valence-corrected chi connectivity index (χ2v) is 11.9. The Labute approximate surface area is 278 Å². The molecule has 3 aromatic carbocycles. The number of carbonyl (C=O) groups excluding carboxylic acids is 2. The first kappa shape index (κ1) is 35.5. The van der Waals surface area contributed by atoms with Crippen molar-refractivity contribution in [3.63, 3.8) is 0 Å². The molecule has 1 fully saturated rings. The van der Waals surface area contributed by atoms with Crippen LogP contribution in [0, 0.1) is 12.7 Å². The maximum absolute atomic E-state index is 15.0. The van der Waals surface area contributed by atoms with E-state index in [-0.39, 0.29) is 35.2 Å². The van der Waals surface area contributed by atoms with Gasteiger partial charge in [0.1, 0.15) is 17.6 Å². The molecule has 3 aromatic rings. The van der Waals surface area contributed by atoms with Gasteiger partial charge in [0.05, 0.1) is 12.3 Å². The SMILES string of the molecule is CCCCN1CCC(Oc2ccc(C(=O)Nc3ccc(Oc4cc(F)c(NC(=O)NC(CC)CC)cc4OCC)cc3)cc2C)CC1. The quantitative estimate of drug-likeness (QED) is 0.153. The molecule has 9 nitrogen and oxygen atoms in total. The Morgan fingerprint density at radius 1 is 0.915 bits per heavy atom. The number of nitrogens with one attached hydrogen (secondary N) is 3. The van der Waals surface area contributed by atoms with Crippen LogP contribution < -0.4 is 30.2 Å². The topological polar surface area (TPSA) is 101 Å². The fourth-order valence-electron chi connectivity index (χ4n) is 5.49. The highest BCUT2D eigenvalue weighted by Crippen LogP contribution is 2.36. The zero-order valence-corrected chi connectivity index (χ0v) is 28.3. The standard InChI is InChI=1S/C37H49FN4O5/c1-6-10-19-42-20-17-30(18-21-42)46-33-16-11-26(22-25(33)5)36(43)39-28-12-14-29(15-13-28)47-35-23-31(38)32(24-34(35)45-9-4)41-37(44)40-27(7-2)8-3/h11-16,22-24,27,30H,6-10,17-21H2,1-5H3,(H,39,43)(H2,40,41,44). The minimum Gasteiger partial charge on any atom is -0.490 e. The minimum absolute atomic E-state index is 0.00246. The molecule has 3 amide bonds. The van der Waals surface area contributed by atoms with Gasteiger partial charge in [-0.1, -0.05) is 27.2 Å². The number of benzene rings is 3. The highest BCUT2D eigenvalue weighted by molar-refractivity contribution is 6.04. The lowest BCUT2D eigenvalue weighted by atomic mass is 10.1. The predicted molar refractivity (Wildman–Crippen MR) is 185 cm³/mol. The van der Waals surface area contributed by atoms with E-state index in [0.29, 0.717) is 23.6 Å². The number of hydrogen-bond donors (Lipinski definition) is 3. The molecule has 1 saturated heterocycles. The van der Waals surface area contributed by atoms with E-state index in [2.05, 4.69) is 27.8 Å². The van der Waals surface area contributed by atoms with Crippen LogP contribution in [0.1, 0.15) is 82.1 Å². The maximum atomic E-state index is 15.0. The van der Waals surface area contributed by atoms with Gasteiger partial charge in [-0.05, 0) is 101 Å². The number of nitrogens with zero attached hydrogens (tertiary/aromatic N) is 1. The van der Waals surface area contributed by atoms with E-state index >= 15 is 0 Å². The van der Waals surface area contributed by atoms with Crippen molar-refractivity contribution in [2.75, 3.05) is 36.9 Å². The zero-order chi connectivity index (χ0) is 33.8. The van der Waals surface area contributed by atoms with Gasteiger partial charge in [-0.3, -0.25) is 4.79 Å². The third-order valence-corrected chi connectivity index (χ3v) is 8.34. The van der Waals surface area contributed by atoms with Crippen molar-refractivity contribution in [1.82, 2.24) is 10.2 Å². The number of anilines is 2. The average Bonchev–Trinajstić information content (AvgIpc) is 3.07. The molecule has 10 heteroatoms.